The lowest BCUT2D eigenvalue weighted by Crippen LogP contribution is -1.82. The molecule has 1 radical (unpaired) electrons. The van der Waals surface area contributed by atoms with Gasteiger partial charge >= 0.3 is 0 Å². The van der Waals surface area contributed by atoms with Crippen molar-refractivity contribution >= 4 is 0 Å². The van der Waals surface area contributed by atoms with E-state index in [2.05, 4.69) is 6.92 Å². The Morgan fingerprint density at radius 2 is 2.30 bits per heavy atom. The van der Waals surface area contributed by atoms with Crippen LogP contribution in [0.25, 0.3) is 0 Å². The lowest BCUT2D eigenvalue weighted by atomic mass is 10.2. The molecule has 0 saturated heterocycles. The number of nitro groups is 1. The van der Waals surface area contributed by atoms with E-state index in [1.807, 2.05) is 6.42 Å². The minimum Gasteiger partial charge on any atom is -0.259 e. The Labute approximate surface area is 60.9 Å². The third-order valence-corrected chi connectivity index (χ3v) is 1.07. The van der Waals surface area contributed by atoms with Crippen molar-refractivity contribution in [3.8, 4) is 0 Å². The van der Waals surface area contributed by atoms with E-state index in [-0.39, 0.29) is 0 Å². The molecule has 0 heterocycles. The first-order valence-electron chi connectivity index (χ1n) is 3.41. The predicted molar refractivity (Wildman–Crippen MR) is 40.0 cm³/mol. The first-order chi connectivity index (χ1) is 4.77. The summed E-state index contributed by atoms with van der Waals surface area (Å²) in [5, 5.41) is 9.73. The molecule has 0 bridgehead atoms. The summed E-state index contributed by atoms with van der Waals surface area (Å²) in [6.07, 6.45) is 7.41. The Morgan fingerprint density at radius 1 is 1.60 bits per heavy atom. The second-order valence-corrected chi connectivity index (χ2v) is 2.00. The molecule has 0 amide bonds. The summed E-state index contributed by atoms with van der Waals surface area (Å²) in [7, 11) is 0. The standard InChI is InChI=1S/C7H12NO2/c1-2-3-4-5-6-7-8(9)10/h5-7H,2-4H2,1H3. The van der Waals surface area contributed by atoms with Crippen LogP contribution in [0.2, 0.25) is 0 Å². The quantitative estimate of drug-likeness (QED) is 0.335. The van der Waals surface area contributed by atoms with Crippen LogP contribution in [0, 0.1) is 16.5 Å². The molecule has 0 rings (SSSR count). The molecule has 0 aliphatic heterocycles. The summed E-state index contributed by atoms with van der Waals surface area (Å²) in [4.78, 5) is 9.27. The fourth-order valence-corrected chi connectivity index (χ4v) is 0.549. The van der Waals surface area contributed by atoms with E-state index in [1.54, 1.807) is 0 Å². The monoisotopic (exact) mass is 142 g/mol. The third-order valence-electron chi connectivity index (χ3n) is 1.07. The summed E-state index contributed by atoms with van der Waals surface area (Å²) in [6, 6.07) is 0. The molecule has 0 aromatic heterocycles. The van der Waals surface area contributed by atoms with Gasteiger partial charge in [0.05, 0.1) is 4.92 Å². The van der Waals surface area contributed by atoms with E-state index >= 15 is 0 Å². The van der Waals surface area contributed by atoms with Crippen LogP contribution >= 0.6 is 0 Å². The van der Waals surface area contributed by atoms with Crippen LogP contribution in [0.4, 0.5) is 0 Å². The highest BCUT2D eigenvalue weighted by Crippen LogP contribution is 1.97. The van der Waals surface area contributed by atoms with Crippen molar-refractivity contribution in [3.63, 3.8) is 0 Å². The molecule has 0 atom stereocenters. The smallest absolute Gasteiger partial charge is 0.230 e. The molecule has 3 nitrogen and oxygen atoms in total. The van der Waals surface area contributed by atoms with Gasteiger partial charge in [-0.3, -0.25) is 10.1 Å². The molecule has 0 fully saturated rings. The maximum absolute atomic E-state index is 9.73. The summed E-state index contributed by atoms with van der Waals surface area (Å²) in [6.45, 7) is 2.09. The van der Waals surface area contributed by atoms with E-state index in [0.29, 0.717) is 0 Å². The fraction of sp³-hybridized carbons (Fsp3) is 0.571. The first-order valence-corrected chi connectivity index (χ1v) is 3.41. The fourth-order valence-electron chi connectivity index (χ4n) is 0.549. The molecule has 10 heavy (non-hydrogen) atoms. The van der Waals surface area contributed by atoms with Crippen molar-refractivity contribution < 1.29 is 4.92 Å². The van der Waals surface area contributed by atoms with Gasteiger partial charge in [-0.25, -0.2) is 0 Å². The van der Waals surface area contributed by atoms with Gasteiger partial charge in [-0.1, -0.05) is 19.8 Å². The zero-order valence-electron chi connectivity index (χ0n) is 6.12. The van der Waals surface area contributed by atoms with Crippen LogP contribution < -0.4 is 0 Å². The van der Waals surface area contributed by atoms with Gasteiger partial charge < -0.3 is 0 Å². The molecule has 0 aliphatic rings. The molecule has 0 saturated carbocycles. The first kappa shape index (κ1) is 9.14. The molecule has 0 spiro atoms. The largest absolute Gasteiger partial charge is 0.259 e. The van der Waals surface area contributed by atoms with E-state index in [4.69, 9.17) is 0 Å². The molecule has 57 valence electrons. The summed E-state index contributed by atoms with van der Waals surface area (Å²) in [5.41, 5.74) is 0. The molecule has 0 aromatic rings. The number of hydrogen-bond donors (Lipinski definition) is 0. The van der Waals surface area contributed by atoms with Crippen molar-refractivity contribution in [2.24, 2.45) is 0 Å². The molecule has 3 heteroatoms. The van der Waals surface area contributed by atoms with Crippen molar-refractivity contribution in [2.45, 2.75) is 26.2 Å². The van der Waals surface area contributed by atoms with E-state index in [1.165, 1.54) is 6.08 Å². The molecule has 0 N–H and O–H groups in total. The van der Waals surface area contributed by atoms with Crippen LogP contribution in [-0.4, -0.2) is 4.92 Å². The van der Waals surface area contributed by atoms with Crippen LogP contribution in [-0.2, 0) is 0 Å². The molecule has 0 unspecified atom stereocenters. The maximum Gasteiger partial charge on any atom is 0.230 e. The zero-order valence-corrected chi connectivity index (χ0v) is 6.12. The number of nitrogens with zero attached hydrogens (tertiary/aromatic N) is 1. The van der Waals surface area contributed by atoms with E-state index in [9.17, 15) is 10.1 Å². The second-order valence-electron chi connectivity index (χ2n) is 2.00. The predicted octanol–water partition coefficient (Wildman–Crippen LogP) is 2.17. The summed E-state index contributed by atoms with van der Waals surface area (Å²) in [5.74, 6) is 0. The van der Waals surface area contributed by atoms with E-state index < -0.39 is 4.92 Å². The number of hydrogen-bond acceptors (Lipinski definition) is 2. The highest BCUT2D eigenvalue weighted by atomic mass is 16.6. The van der Waals surface area contributed by atoms with Gasteiger partial charge in [0.1, 0.15) is 0 Å². The molecule has 0 aliphatic carbocycles. The third kappa shape index (κ3) is 7.14. The molecule has 0 aromatic carbocycles. The van der Waals surface area contributed by atoms with Gasteiger partial charge in [-0.15, -0.1) is 0 Å². The number of rotatable bonds is 5. The Morgan fingerprint density at radius 3 is 2.80 bits per heavy atom. The Kier molecular flexibility index (Phi) is 5.72. The summed E-state index contributed by atoms with van der Waals surface area (Å²) >= 11 is 0. The Hall–Kier alpha value is -0.860. The van der Waals surface area contributed by atoms with Crippen molar-refractivity contribution in [1.82, 2.24) is 0 Å². The molecular weight excluding hydrogens is 130 g/mol. The SMILES string of the molecule is CCCC[CH]C=C[N+](=O)[O-]. The average Bonchev–Trinajstić information content (AvgIpc) is 1.87. The summed E-state index contributed by atoms with van der Waals surface area (Å²) < 4.78 is 0. The Balaban J connectivity index is 3.10. The maximum atomic E-state index is 9.73. The highest BCUT2D eigenvalue weighted by molar-refractivity contribution is 4.89. The van der Waals surface area contributed by atoms with Crippen LogP contribution in [0.1, 0.15) is 26.2 Å². The van der Waals surface area contributed by atoms with E-state index in [0.717, 1.165) is 25.5 Å². The van der Waals surface area contributed by atoms with Crippen LogP contribution in [0.3, 0.4) is 0 Å². The minimum absolute atomic E-state index is 0.456. The second kappa shape index (κ2) is 6.26. The number of allylic oxidation sites excluding steroid dienone is 1. The van der Waals surface area contributed by atoms with Crippen molar-refractivity contribution in [3.05, 3.63) is 28.8 Å². The van der Waals surface area contributed by atoms with Gasteiger partial charge in [0, 0.05) is 0 Å². The van der Waals surface area contributed by atoms with Crippen LogP contribution in [0.5, 0.6) is 0 Å². The Bertz CT molecular complexity index is 121. The normalized spacial score (nSPS) is 10.5. The van der Waals surface area contributed by atoms with Crippen molar-refractivity contribution in [1.29, 1.82) is 0 Å². The minimum atomic E-state index is -0.456. The lowest BCUT2D eigenvalue weighted by Gasteiger charge is -1.88. The zero-order chi connectivity index (χ0) is 7.82. The molecular formula is C7H12NO2. The van der Waals surface area contributed by atoms with Gasteiger partial charge in [0.25, 0.3) is 0 Å². The van der Waals surface area contributed by atoms with Crippen LogP contribution in [0.15, 0.2) is 12.3 Å². The van der Waals surface area contributed by atoms with Gasteiger partial charge in [-0.05, 0) is 18.9 Å². The lowest BCUT2D eigenvalue weighted by molar-refractivity contribution is -0.402. The van der Waals surface area contributed by atoms with Gasteiger partial charge in [-0.2, -0.15) is 0 Å². The van der Waals surface area contributed by atoms with Crippen molar-refractivity contribution in [2.75, 3.05) is 0 Å². The van der Waals surface area contributed by atoms with Gasteiger partial charge in [0.15, 0.2) is 0 Å². The number of unbranched alkanes of at least 4 members (excludes halogenated alkanes) is 3. The topological polar surface area (TPSA) is 43.1 Å². The average molecular weight is 142 g/mol. The highest BCUT2D eigenvalue weighted by Gasteiger charge is 1.85. The van der Waals surface area contributed by atoms with Gasteiger partial charge in [0.2, 0.25) is 6.20 Å².